The highest BCUT2D eigenvalue weighted by Gasteiger charge is 2.52. The number of likely N-dealkylation sites (tertiary alicyclic amines) is 1. The van der Waals surface area contributed by atoms with Crippen LogP contribution in [-0.4, -0.2) is 46.4 Å². The van der Waals surface area contributed by atoms with Crippen LogP contribution >= 0.6 is 0 Å². The maximum Gasteiger partial charge on any atom is 0.410 e. The number of carboxylic acid groups (broad SMARTS) is 1. The van der Waals surface area contributed by atoms with Crippen molar-refractivity contribution >= 4 is 12.1 Å². The molecule has 0 unspecified atom stereocenters. The number of carbonyl (C=O) groups is 2. The summed E-state index contributed by atoms with van der Waals surface area (Å²) in [5, 5.41) is 8.76. The van der Waals surface area contributed by atoms with Crippen LogP contribution in [0.2, 0.25) is 0 Å². The Kier molecular flexibility index (Phi) is 5.11. The van der Waals surface area contributed by atoms with Crippen LogP contribution in [0.4, 0.5) is 18.0 Å². The van der Waals surface area contributed by atoms with Gasteiger partial charge in [-0.2, -0.15) is 13.2 Å². The van der Waals surface area contributed by atoms with Gasteiger partial charge in [0, 0.05) is 6.54 Å². The standard InChI is InChI=1S/C13H20F3NO4/c1-12(2,3)21-11(20)17-6-4-5-8(7-9(18)19)10(17)13(14,15)16/h8,10H,4-7H2,1-3H3,(H,18,19)/t8-,10+/m1/s1. The first kappa shape index (κ1) is 17.6. The lowest BCUT2D eigenvalue weighted by Crippen LogP contribution is -2.57. The van der Waals surface area contributed by atoms with E-state index in [0.29, 0.717) is 11.3 Å². The van der Waals surface area contributed by atoms with Gasteiger partial charge in [0.15, 0.2) is 0 Å². The molecule has 8 heteroatoms. The third kappa shape index (κ3) is 5.09. The number of carbonyl (C=O) groups excluding carboxylic acids is 1. The molecule has 1 saturated heterocycles. The van der Waals surface area contributed by atoms with Crippen molar-refractivity contribution in [1.82, 2.24) is 4.90 Å². The summed E-state index contributed by atoms with van der Waals surface area (Å²) >= 11 is 0. The summed E-state index contributed by atoms with van der Waals surface area (Å²) in [5.41, 5.74) is -0.910. The molecule has 5 nitrogen and oxygen atoms in total. The highest BCUT2D eigenvalue weighted by Crippen LogP contribution is 2.38. The fraction of sp³-hybridized carbons (Fsp3) is 0.846. The zero-order valence-corrected chi connectivity index (χ0v) is 12.2. The van der Waals surface area contributed by atoms with Gasteiger partial charge in [0.25, 0.3) is 0 Å². The monoisotopic (exact) mass is 311 g/mol. The molecule has 0 radical (unpaired) electrons. The minimum Gasteiger partial charge on any atom is -0.481 e. The summed E-state index contributed by atoms with van der Waals surface area (Å²) in [6.45, 7) is 4.60. The quantitative estimate of drug-likeness (QED) is 0.851. The predicted octanol–water partition coefficient (Wildman–Crippen LogP) is 3.04. The van der Waals surface area contributed by atoms with Crippen molar-refractivity contribution in [3.05, 3.63) is 0 Å². The molecule has 0 spiro atoms. The number of alkyl halides is 3. The lowest BCUT2D eigenvalue weighted by atomic mass is 9.86. The highest BCUT2D eigenvalue weighted by atomic mass is 19.4. The van der Waals surface area contributed by atoms with Crippen LogP contribution in [0.15, 0.2) is 0 Å². The number of piperidine rings is 1. The molecule has 1 rings (SSSR count). The first-order valence-electron chi connectivity index (χ1n) is 6.70. The van der Waals surface area contributed by atoms with Crippen LogP contribution in [0.1, 0.15) is 40.0 Å². The number of halogens is 3. The minimum absolute atomic E-state index is 0.0881. The highest BCUT2D eigenvalue weighted by molar-refractivity contribution is 5.70. The van der Waals surface area contributed by atoms with Crippen LogP contribution in [0, 0.1) is 5.92 Å². The second-order valence-electron chi connectivity index (χ2n) is 6.16. The number of rotatable bonds is 2. The fourth-order valence-corrected chi connectivity index (χ4v) is 2.48. The molecule has 1 aliphatic rings. The molecule has 0 aromatic carbocycles. The fourth-order valence-electron chi connectivity index (χ4n) is 2.48. The van der Waals surface area contributed by atoms with Gasteiger partial charge >= 0.3 is 18.2 Å². The van der Waals surface area contributed by atoms with E-state index in [-0.39, 0.29) is 13.0 Å². The Morgan fingerprint density at radius 1 is 1.29 bits per heavy atom. The smallest absolute Gasteiger partial charge is 0.410 e. The third-order valence-electron chi connectivity index (χ3n) is 3.16. The van der Waals surface area contributed by atoms with Gasteiger partial charge in [-0.1, -0.05) is 0 Å². The maximum absolute atomic E-state index is 13.2. The number of amides is 1. The number of carboxylic acids is 1. The first-order valence-corrected chi connectivity index (χ1v) is 6.70. The number of ether oxygens (including phenoxy) is 1. The second kappa shape index (κ2) is 6.11. The summed E-state index contributed by atoms with van der Waals surface area (Å²) in [5.74, 6) is -2.45. The normalized spacial score (nSPS) is 23.8. The molecular weight excluding hydrogens is 291 g/mol. The zero-order chi connectivity index (χ0) is 16.4. The van der Waals surface area contributed by atoms with E-state index in [0.717, 1.165) is 0 Å². The van der Waals surface area contributed by atoms with E-state index >= 15 is 0 Å². The molecule has 0 saturated carbocycles. The molecule has 2 atom stereocenters. The Bertz CT molecular complexity index is 403. The number of hydrogen-bond acceptors (Lipinski definition) is 3. The molecule has 1 fully saturated rings. The van der Waals surface area contributed by atoms with Crippen molar-refractivity contribution < 1.29 is 32.6 Å². The van der Waals surface area contributed by atoms with Crippen molar-refractivity contribution in [2.75, 3.05) is 6.54 Å². The third-order valence-corrected chi connectivity index (χ3v) is 3.16. The number of nitrogens with zero attached hydrogens (tertiary/aromatic N) is 1. The Hall–Kier alpha value is -1.47. The molecule has 0 aromatic heterocycles. The summed E-state index contributed by atoms with van der Waals surface area (Å²) in [7, 11) is 0. The molecule has 122 valence electrons. The van der Waals surface area contributed by atoms with Crippen LogP contribution < -0.4 is 0 Å². The van der Waals surface area contributed by atoms with E-state index in [1.54, 1.807) is 20.8 Å². The molecule has 1 aliphatic heterocycles. The Morgan fingerprint density at radius 2 is 1.86 bits per heavy atom. The average molecular weight is 311 g/mol. The average Bonchev–Trinajstić information content (AvgIpc) is 2.23. The van der Waals surface area contributed by atoms with Gasteiger partial charge in [-0.25, -0.2) is 4.79 Å². The SMILES string of the molecule is CC(C)(C)OC(=O)N1CCC[C@H](CC(=O)O)[C@H]1C(F)(F)F. The molecule has 0 bridgehead atoms. The van der Waals surface area contributed by atoms with Gasteiger partial charge in [-0.05, 0) is 39.5 Å². The van der Waals surface area contributed by atoms with Gasteiger partial charge in [0.1, 0.15) is 11.6 Å². The van der Waals surface area contributed by atoms with Crippen molar-refractivity contribution in [3.63, 3.8) is 0 Å². The van der Waals surface area contributed by atoms with Gasteiger partial charge in [0.2, 0.25) is 0 Å². The Labute approximate surface area is 121 Å². The minimum atomic E-state index is -4.68. The van der Waals surface area contributed by atoms with Crippen molar-refractivity contribution in [2.45, 2.75) is 57.9 Å². The van der Waals surface area contributed by atoms with Crippen LogP contribution in [0.3, 0.4) is 0 Å². The largest absolute Gasteiger partial charge is 0.481 e. The summed E-state index contributed by atoms with van der Waals surface area (Å²) in [6, 6.07) is -2.11. The van der Waals surface area contributed by atoms with E-state index in [1.165, 1.54) is 0 Å². The van der Waals surface area contributed by atoms with Gasteiger partial charge < -0.3 is 9.84 Å². The van der Waals surface area contributed by atoms with E-state index in [4.69, 9.17) is 9.84 Å². The van der Waals surface area contributed by atoms with Crippen LogP contribution in [-0.2, 0) is 9.53 Å². The topological polar surface area (TPSA) is 66.8 Å². The number of hydrogen-bond donors (Lipinski definition) is 1. The molecule has 1 N–H and O–H groups in total. The predicted molar refractivity (Wildman–Crippen MR) is 67.8 cm³/mol. The van der Waals surface area contributed by atoms with E-state index < -0.39 is 42.2 Å². The molecule has 1 amide bonds. The van der Waals surface area contributed by atoms with Crippen LogP contribution in [0.25, 0.3) is 0 Å². The van der Waals surface area contributed by atoms with Crippen molar-refractivity contribution in [2.24, 2.45) is 5.92 Å². The second-order valence-corrected chi connectivity index (χ2v) is 6.16. The molecule has 1 heterocycles. The Balaban J connectivity index is 2.99. The van der Waals surface area contributed by atoms with E-state index in [9.17, 15) is 22.8 Å². The molecule has 0 aromatic rings. The lowest BCUT2D eigenvalue weighted by Gasteiger charge is -2.41. The zero-order valence-electron chi connectivity index (χ0n) is 12.2. The van der Waals surface area contributed by atoms with E-state index in [2.05, 4.69) is 0 Å². The maximum atomic E-state index is 13.2. The molecular formula is C13H20F3NO4. The summed E-state index contributed by atoms with van der Waals surface area (Å²) in [6.07, 6.45) is -5.92. The Morgan fingerprint density at radius 3 is 2.29 bits per heavy atom. The first-order chi connectivity index (χ1) is 9.42. The van der Waals surface area contributed by atoms with Crippen molar-refractivity contribution in [3.8, 4) is 0 Å². The molecule has 21 heavy (non-hydrogen) atoms. The van der Waals surface area contributed by atoms with Gasteiger partial charge in [0.05, 0.1) is 6.42 Å². The van der Waals surface area contributed by atoms with Gasteiger partial charge in [-0.15, -0.1) is 0 Å². The lowest BCUT2D eigenvalue weighted by molar-refractivity contribution is -0.202. The van der Waals surface area contributed by atoms with E-state index in [1.807, 2.05) is 0 Å². The summed E-state index contributed by atoms with van der Waals surface area (Å²) < 4.78 is 44.7. The number of aliphatic carboxylic acids is 1. The summed E-state index contributed by atoms with van der Waals surface area (Å²) in [4.78, 5) is 23.3. The van der Waals surface area contributed by atoms with Crippen molar-refractivity contribution in [1.29, 1.82) is 0 Å². The van der Waals surface area contributed by atoms with Crippen LogP contribution in [0.5, 0.6) is 0 Å². The molecule has 0 aliphatic carbocycles. The van der Waals surface area contributed by atoms with Gasteiger partial charge in [-0.3, -0.25) is 9.69 Å².